The van der Waals surface area contributed by atoms with Gasteiger partial charge < -0.3 is 10.5 Å². The van der Waals surface area contributed by atoms with E-state index in [1.165, 1.54) is 12.1 Å². The minimum Gasteiger partial charge on any atom is -0.491 e. The van der Waals surface area contributed by atoms with Crippen LogP contribution >= 0.6 is 0 Å². The summed E-state index contributed by atoms with van der Waals surface area (Å²) < 4.78 is 19.0. The lowest BCUT2D eigenvalue weighted by Gasteiger charge is -2.26. The summed E-state index contributed by atoms with van der Waals surface area (Å²) in [5, 5.41) is 0. The van der Waals surface area contributed by atoms with Gasteiger partial charge in [-0.3, -0.25) is 0 Å². The number of nitrogens with two attached hydrogens (primary N) is 1. The predicted molar refractivity (Wildman–Crippen MR) is 83.8 cm³/mol. The number of halogens is 1. The first kappa shape index (κ1) is 15.5. The van der Waals surface area contributed by atoms with E-state index in [4.69, 9.17) is 10.5 Å². The lowest BCUT2D eigenvalue weighted by molar-refractivity contribution is 0.241. The highest BCUT2D eigenvalue weighted by atomic mass is 19.1. The topological polar surface area (TPSA) is 35.2 Å². The maximum Gasteiger partial charge on any atom is 0.123 e. The van der Waals surface area contributed by atoms with Crippen LogP contribution in [0.25, 0.3) is 0 Å². The second kappa shape index (κ2) is 6.27. The van der Waals surface area contributed by atoms with Crippen LogP contribution in [0.1, 0.15) is 31.9 Å². The molecule has 21 heavy (non-hydrogen) atoms. The van der Waals surface area contributed by atoms with E-state index in [2.05, 4.69) is 0 Å². The molecule has 0 aliphatic carbocycles. The molecule has 2 nitrogen and oxygen atoms in total. The summed E-state index contributed by atoms with van der Waals surface area (Å²) in [4.78, 5) is 0. The predicted octanol–water partition coefficient (Wildman–Crippen LogP) is 4.03. The Kier molecular flexibility index (Phi) is 4.63. The molecule has 0 bridgehead atoms. The summed E-state index contributed by atoms with van der Waals surface area (Å²) in [5.41, 5.74) is 7.72. The van der Waals surface area contributed by atoms with E-state index in [1.807, 2.05) is 51.1 Å². The Hall–Kier alpha value is -1.87. The molecule has 0 radical (unpaired) electrons. The average Bonchev–Trinajstić information content (AvgIpc) is 2.37. The van der Waals surface area contributed by atoms with E-state index >= 15 is 0 Å². The minimum absolute atomic E-state index is 0.118. The van der Waals surface area contributed by atoms with Gasteiger partial charge in [-0.15, -0.1) is 0 Å². The minimum atomic E-state index is -0.579. The molecular weight excluding hydrogens is 265 g/mol. The quantitative estimate of drug-likeness (QED) is 0.901. The summed E-state index contributed by atoms with van der Waals surface area (Å²) in [5.74, 6) is 0.568. The van der Waals surface area contributed by atoms with Gasteiger partial charge in [0.2, 0.25) is 0 Å². The molecule has 0 heterocycles. The van der Waals surface area contributed by atoms with Crippen molar-refractivity contribution in [3.63, 3.8) is 0 Å². The number of rotatable bonds is 5. The van der Waals surface area contributed by atoms with E-state index in [1.54, 1.807) is 6.07 Å². The van der Waals surface area contributed by atoms with Crippen LogP contribution in [-0.4, -0.2) is 6.10 Å². The lowest BCUT2D eigenvalue weighted by Crippen LogP contribution is -2.35. The molecule has 3 heteroatoms. The molecule has 2 N–H and O–H groups in total. The first-order valence-corrected chi connectivity index (χ1v) is 7.17. The van der Waals surface area contributed by atoms with Crippen LogP contribution < -0.4 is 10.5 Å². The third-order valence-electron chi connectivity index (χ3n) is 3.33. The number of hydrogen-bond donors (Lipinski definition) is 1. The monoisotopic (exact) mass is 287 g/mol. The summed E-state index contributed by atoms with van der Waals surface area (Å²) in [7, 11) is 0. The molecule has 0 aromatic heterocycles. The van der Waals surface area contributed by atoms with Crippen molar-refractivity contribution in [1.82, 2.24) is 0 Å². The van der Waals surface area contributed by atoms with E-state index in [-0.39, 0.29) is 11.9 Å². The summed E-state index contributed by atoms with van der Waals surface area (Å²) in [6, 6.07) is 14.4. The third kappa shape index (κ3) is 4.30. The molecule has 0 amide bonds. The fraction of sp³-hybridized carbons (Fsp3) is 0.333. The van der Waals surface area contributed by atoms with E-state index in [0.29, 0.717) is 6.42 Å². The first-order chi connectivity index (χ1) is 9.87. The molecule has 2 aromatic rings. The van der Waals surface area contributed by atoms with Gasteiger partial charge in [-0.25, -0.2) is 4.39 Å². The van der Waals surface area contributed by atoms with Crippen LogP contribution in [0, 0.1) is 5.82 Å². The first-order valence-electron chi connectivity index (χ1n) is 7.17. The molecule has 112 valence electrons. The summed E-state index contributed by atoms with van der Waals surface area (Å²) >= 11 is 0. The van der Waals surface area contributed by atoms with Crippen LogP contribution in [0.2, 0.25) is 0 Å². The Bertz CT molecular complexity index is 608. The van der Waals surface area contributed by atoms with Crippen molar-refractivity contribution >= 4 is 0 Å². The second-order valence-corrected chi connectivity index (χ2v) is 5.92. The van der Waals surface area contributed by atoms with Gasteiger partial charge in [0.1, 0.15) is 11.6 Å². The van der Waals surface area contributed by atoms with Gasteiger partial charge in [-0.05, 0) is 62.6 Å². The zero-order valence-electron chi connectivity index (χ0n) is 12.8. The van der Waals surface area contributed by atoms with E-state index in [0.717, 1.165) is 16.9 Å². The van der Waals surface area contributed by atoms with Crippen LogP contribution in [0.15, 0.2) is 48.5 Å². The van der Waals surface area contributed by atoms with E-state index in [9.17, 15) is 4.39 Å². The van der Waals surface area contributed by atoms with Gasteiger partial charge in [0.05, 0.1) is 6.10 Å². The fourth-order valence-corrected chi connectivity index (χ4v) is 2.37. The molecular formula is C18H22FNO. The highest BCUT2D eigenvalue weighted by Gasteiger charge is 2.22. The van der Waals surface area contributed by atoms with Crippen molar-refractivity contribution in [3.8, 4) is 5.75 Å². The lowest BCUT2D eigenvalue weighted by atomic mass is 9.86. The number of benzene rings is 2. The van der Waals surface area contributed by atoms with Crippen molar-refractivity contribution < 1.29 is 9.13 Å². The molecule has 0 aliphatic heterocycles. The molecule has 0 aliphatic rings. The Labute approximate surface area is 125 Å². The molecule has 0 fully saturated rings. The highest BCUT2D eigenvalue weighted by molar-refractivity contribution is 5.34. The summed E-state index contributed by atoms with van der Waals surface area (Å²) in [6.45, 7) is 5.93. The van der Waals surface area contributed by atoms with E-state index < -0.39 is 5.54 Å². The van der Waals surface area contributed by atoms with Gasteiger partial charge in [-0.2, -0.15) is 0 Å². The molecule has 2 rings (SSSR count). The third-order valence-corrected chi connectivity index (χ3v) is 3.33. The molecule has 1 atom stereocenters. The zero-order valence-corrected chi connectivity index (χ0v) is 12.8. The van der Waals surface area contributed by atoms with Gasteiger partial charge in [0.25, 0.3) is 0 Å². The Morgan fingerprint density at radius 2 is 1.86 bits per heavy atom. The Morgan fingerprint density at radius 1 is 1.14 bits per heavy atom. The Balaban J connectivity index is 2.22. The average molecular weight is 287 g/mol. The van der Waals surface area contributed by atoms with Gasteiger partial charge >= 0.3 is 0 Å². The Morgan fingerprint density at radius 3 is 2.52 bits per heavy atom. The van der Waals surface area contributed by atoms with Gasteiger partial charge in [0.15, 0.2) is 0 Å². The molecule has 0 saturated heterocycles. The maximum absolute atomic E-state index is 13.3. The number of hydrogen-bond acceptors (Lipinski definition) is 2. The smallest absolute Gasteiger partial charge is 0.123 e. The van der Waals surface area contributed by atoms with Crippen molar-refractivity contribution in [2.75, 3.05) is 0 Å². The van der Waals surface area contributed by atoms with Crippen LogP contribution in [0.3, 0.4) is 0 Å². The van der Waals surface area contributed by atoms with Crippen molar-refractivity contribution in [2.24, 2.45) is 5.73 Å². The highest BCUT2D eigenvalue weighted by Crippen LogP contribution is 2.26. The molecule has 2 aromatic carbocycles. The van der Waals surface area contributed by atoms with Crippen molar-refractivity contribution in [1.29, 1.82) is 0 Å². The zero-order chi connectivity index (χ0) is 15.5. The van der Waals surface area contributed by atoms with Gasteiger partial charge in [-0.1, -0.05) is 24.3 Å². The fourth-order valence-electron chi connectivity index (χ4n) is 2.37. The number of ether oxygens (including phenoxy) is 1. The van der Waals surface area contributed by atoms with Crippen LogP contribution in [0.4, 0.5) is 4.39 Å². The SMILES string of the molecule is CC(C)Oc1cccc(C(C)(N)Cc2cccc(F)c2)c1. The van der Waals surface area contributed by atoms with Crippen molar-refractivity contribution in [2.45, 2.75) is 38.8 Å². The standard InChI is InChI=1S/C18H22FNO/c1-13(2)21-17-9-5-7-15(11-17)18(3,20)12-14-6-4-8-16(19)10-14/h4-11,13H,12,20H2,1-3H3. The second-order valence-electron chi connectivity index (χ2n) is 5.92. The largest absolute Gasteiger partial charge is 0.491 e. The summed E-state index contributed by atoms with van der Waals surface area (Å²) in [6.07, 6.45) is 0.683. The molecule has 1 unspecified atom stereocenters. The molecule has 0 spiro atoms. The van der Waals surface area contributed by atoms with Crippen LogP contribution in [-0.2, 0) is 12.0 Å². The normalized spacial score (nSPS) is 14.0. The van der Waals surface area contributed by atoms with Crippen molar-refractivity contribution in [3.05, 3.63) is 65.5 Å². The van der Waals surface area contributed by atoms with Crippen LogP contribution in [0.5, 0.6) is 5.75 Å². The van der Waals surface area contributed by atoms with Gasteiger partial charge in [0, 0.05) is 5.54 Å². The molecule has 0 saturated carbocycles. The maximum atomic E-state index is 13.3.